The maximum Gasteiger partial charge on any atom is 0.295 e. The van der Waals surface area contributed by atoms with E-state index in [4.69, 9.17) is 9.47 Å². The van der Waals surface area contributed by atoms with E-state index in [0.717, 1.165) is 12.1 Å². The molecule has 7 nitrogen and oxygen atoms in total. The second-order valence-electron chi connectivity index (χ2n) is 7.88. The summed E-state index contributed by atoms with van der Waals surface area (Å²) in [5, 5.41) is 11.1. The summed E-state index contributed by atoms with van der Waals surface area (Å²) < 4.78 is 10.7. The Morgan fingerprint density at radius 1 is 1.03 bits per heavy atom. The SMILES string of the molecule is CCOc1ccc([C@H]2C(=C(O)c3ccc(OC)cc3)C(=O)C(=O)N2CCCN(C)C)cc1. The molecule has 1 fully saturated rings. The van der Waals surface area contributed by atoms with E-state index in [2.05, 4.69) is 0 Å². The highest BCUT2D eigenvalue weighted by Crippen LogP contribution is 2.40. The predicted molar refractivity (Wildman–Crippen MR) is 123 cm³/mol. The van der Waals surface area contributed by atoms with Gasteiger partial charge >= 0.3 is 0 Å². The summed E-state index contributed by atoms with van der Waals surface area (Å²) in [5.74, 6) is -0.135. The van der Waals surface area contributed by atoms with Crippen molar-refractivity contribution in [1.82, 2.24) is 9.80 Å². The van der Waals surface area contributed by atoms with E-state index >= 15 is 0 Å². The molecule has 1 amide bonds. The maximum atomic E-state index is 13.0. The number of rotatable bonds is 9. The lowest BCUT2D eigenvalue weighted by Gasteiger charge is -2.26. The number of nitrogens with zero attached hydrogens (tertiary/aromatic N) is 2. The average Bonchev–Trinajstić information content (AvgIpc) is 3.04. The summed E-state index contributed by atoms with van der Waals surface area (Å²) in [4.78, 5) is 29.6. The number of amides is 1. The molecule has 1 aliphatic rings. The Morgan fingerprint density at radius 2 is 1.66 bits per heavy atom. The Hall–Kier alpha value is -3.32. The number of hydrogen-bond donors (Lipinski definition) is 1. The largest absolute Gasteiger partial charge is 0.507 e. The second kappa shape index (κ2) is 10.3. The predicted octanol–water partition coefficient (Wildman–Crippen LogP) is 3.47. The molecule has 170 valence electrons. The van der Waals surface area contributed by atoms with Gasteiger partial charge in [0.05, 0.1) is 25.3 Å². The van der Waals surface area contributed by atoms with Gasteiger partial charge in [0, 0.05) is 12.1 Å². The summed E-state index contributed by atoms with van der Waals surface area (Å²) >= 11 is 0. The molecule has 32 heavy (non-hydrogen) atoms. The summed E-state index contributed by atoms with van der Waals surface area (Å²) in [5.41, 5.74) is 1.29. The number of likely N-dealkylation sites (tertiary alicyclic amines) is 1. The molecular formula is C25H30N2O5. The third-order valence-corrected chi connectivity index (χ3v) is 5.41. The van der Waals surface area contributed by atoms with Crippen molar-refractivity contribution in [3.63, 3.8) is 0 Å². The van der Waals surface area contributed by atoms with E-state index in [0.29, 0.717) is 36.6 Å². The molecule has 2 aromatic rings. The molecule has 1 N–H and O–H groups in total. The minimum Gasteiger partial charge on any atom is -0.507 e. The molecule has 1 aliphatic heterocycles. The molecule has 7 heteroatoms. The number of aliphatic hydroxyl groups excluding tert-OH is 1. The van der Waals surface area contributed by atoms with E-state index in [1.807, 2.05) is 50.2 Å². The Morgan fingerprint density at radius 3 is 2.22 bits per heavy atom. The first kappa shape index (κ1) is 23.3. The standard InChI is InChI=1S/C25H30N2O5/c1-5-32-20-13-7-17(8-14-20)22-21(23(28)18-9-11-19(31-4)12-10-18)24(29)25(30)27(22)16-6-15-26(2)3/h7-14,22,28H,5-6,15-16H2,1-4H3/t22-/m0/s1. The molecule has 0 unspecified atom stereocenters. The van der Waals surface area contributed by atoms with Gasteiger partial charge in [0.15, 0.2) is 0 Å². The van der Waals surface area contributed by atoms with Crippen LogP contribution in [0, 0.1) is 0 Å². The normalized spacial score (nSPS) is 17.8. The van der Waals surface area contributed by atoms with Gasteiger partial charge < -0.3 is 24.4 Å². The van der Waals surface area contributed by atoms with Gasteiger partial charge in [-0.1, -0.05) is 12.1 Å². The average molecular weight is 439 g/mol. The number of methoxy groups -OCH3 is 1. The van der Waals surface area contributed by atoms with E-state index in [1.54, 1.807) is 36.3 Å². The Bertz CT molecular complexity index is 980. The third-order valence-electron chi connectivity index (χ3n) is 5.41. The monoisotopic (exact) mass is 438 g/mol. The molecule has 3 rings (SSSR count). The molecule has 0 radical (unpaired) electrons. The van der Waals surface area contributed by atoms with Crippen molar-refractivity contribution in [1.29, 1.82) is 0 Å². The summed E-state index contributed by atoms with van der Waals surface area (Å²) in [6.07, 6.45) is 0.704. The Balaban J connectivity index is 2.05. The van der Waals surface area contributed by atoms with Gasteiger partial charge in [-0.25, -0.2) is 0 Å². The lowest BCUT2D eigenvalue weighted by atomic mass is 9.95. The van der Waals surface area contributed by atoms with Crippen LogP contribution in [0.25, 0.3) is 5.76 Å². The van der Waals surface area contributed by atoms with Gasteiger partial charge in [-0.3, -0.25) is 9.59 Å². The number of benzene rings is 2. The lowest BCUT2D eigenvalue weighted by Crippen LogP contribution is -2.32. The minimum atomic E-state index is -0.679. The lowest BCUT2D eigenvalue weighted by molar-refractivity contribution is -0.139. The molecule has 0 aromatic heterocycles. The summed E-state index contributed by atoms with van der Waals surface area (Å²) in [6, 6.07) is 13.4. The third kappa shape index (κ3) is 4.94. The van der Waals surface area contributed by atoms with Crippen LogP contribution in [-0.2, 0) is 9.59 Å². The quantitative estimate of drug-likeness (QED) is 0.367. The fourth-order valence-electron chi connectivity index (χ4n) is 3.83. The highest BCUT2D eigenvalue weighted by atomic mass is 16.5. The van der Waals surface area contributed by atoms with Crippen molar-refractivity contribution in [2.75, 3.05) is 40.9 Å². The molecule has 0 aliphatic carbocycles. The fourth-order valence-corrected chi connectivity index (χ4v) is 3.83. The van der Waals surface area contributed by atoms with Crippen LogP contribution in [0.5, 0.6) is 11.5 Å². The number of aliphatic hydroxyl groups is 1. The molecule has 2 aromatic carbocycles. The van der Waals surface area contributed by atoms with Crippen molar-refractivity contribution in [3.05, 3.63) is 65.2 Å². The van der Waals surface area contributed by atoms with Crippen molar-refractivity contribution in [2.45, 2.75) is 19.4 Å². The first-order valence-corrected chi connectivity index (χ1v) is 10.7. The van der Waals surface area contributed by atoms with Gasteiger partial charge in [-0.05, 0) is 75.9 Å². The number of carbonyl (C=O) groups is 2. The van der Waals surface area contributed by atoms with Crippen LogP contribution in [0.2, 0.25) is 0 Å². The van der Waals surface area contributed by atoms with Gasteiger partial charge in [0.2, 0.25) is 0 Å². The highest BCUT2D eigenvalue weighted by Gasteiger charge is 2.45. The van der Waals surface area contributed by atoms with Crippen LogP contribution in [0.4, 0.5) is 0 Å². The molecule has 1 saturated heterocycles. The van der Waals surface area contributed by atoms with E-state index in [1.165, 1.54) is 0 Å². The summed E-state index contributed by atoms with van der Waals surface area (Å²) in [6.45, 7) is 3.62. The van der Waals surface area contributed by atoms with Crippen molar-refractivity contribution >= 4 is 17.4 Å². The van der Waals surface area contributed by atoms with E-state index in [9.17, 15) is 14.7 Å². The van der Waals surface area contributed by atoms with Gasteiger partial charge in [-0.2, -0.15) is 0 Å². The molecule has 1 heterocycles. The highest BCUT2D eigenvalue weighted by molar-refractivity contribution is 6.46. The van der Waals surface area contributed by atoms with Crippen LogP contribution in [0.1, 0.15) is 30.5 Å². The van der Waals surface area contributed by atoms with Gasteiger partial charge in [-0.15, -0.1) is 0 Å². The molecule has 1 atom stereocenters. The zero-order chi connectivity index (χ0) is 23.3. The maximum absolute atomic E-state index is 13.0. The van der Waals surface area contributed by atoms with Crippen LogP contribution in [0.3, 0.4) is 0 Å². The number of ketones is 1. The number of ether oxygens (including phenoxy) is 2. The van der Waals surface area contributed by atoms with Gasteiger partial charge in [0.25, 0.3) is 11.7 Å². The van der Waals surface area contributed by atoms with Crippen molar-refractivity contribution < 1.29 is 24.2 Å². The second-order valence-corrected chi connectivity index (χ2v) is 7.88. The van der Waals surface area contributed by atoms with Crippen LogP contribution in [-0.4, -0.2) is 67.5 Å². The Kier molecular flexibility index (Phi) is 7.53. The van der Waals surface area contributed by atoms with Crippen LogP contribution < -0.4 is 9.47 Å². The minimum absolute atomic E-state index is 0.0918. The first-order chi connectivity index (χ1) is 15.4. The zero-order valence-electron chi connectivity index (χ0n) is 19.0. The number of Topliss-reactive ketones (excluding diaryl/α,β-unsaturated/α-hetero) is 1. The van der Waals surface area contributed by atoms with Gasteiger partial charge in [0.1, 0.15) is 17.3 Å². The Labute approximate surface area is 188 Å². The fraction of sp³-hybridized carbons (Fsp3) is 0.360. The molecule has 0 spiro atoms. The molecular weight excluding hydrogens is 408 g/mol. The molecule has 0 saturated carbocycles. The van der Waals surface area contributed by atoms with Crippen molar-refractivity contribution in [2.24, 2.45) is 0 Å². The van der Waals surface area contributed by atoms with Crippen LogP contribution >= 0.6 is 0 Å². The van der Waals surface area contributed by atoms with E-state index in [-0.39, 0.29) is 11.3 Å². The zero-order valence-corrected chi connectivity index (χ0v) is 19.0. The summed E-state index contributed by atoms with van der Waals surface area (Å²) in [7, 11) is 5.48. The number of hydrogen-bond acceptors (Lipinski definition) is 6. The van der Waals surface area contributed by atoms with Crippen LogP contribution in [0.15, 0.2) is 54.1 Å². The number of carbonyl (C=O) groups excluding carboxylic acids is 2. The van der Waals surface area contributed by atoms with Crippen molar-refractivity contribution in [3.8, 4) is 11.5 Å². The molecule has 0 bridgehead atoms. The topological polar surface area (TPSA) is 79.3 Å². The van der Waals surface area contributed by atoms with E-state index < -0.39 is 17.7 Å². The first-order valence-electron chi connectivity index (χ1n) is 10.7. The smallest absolute Gasteiger partial charge is 0.295 e.